The van der Waals surface area contributed by atoms with E-state index < -0.39 is 23.8 Å². The van der Waals surface area contributed by atoms with Gasteiger partial charge in [-0.25, -0.2) is 19.5 Å². The molecular formula is C34H33ClIN3O8. The minimum Gasteiger partial charge on any atom is -0.493 e. The van der Waals surface area contributed by atoms with Gasteiger partial charge in [-0.05, 0) is 84.1 Å². The minimum absolute atomic E-state index is 0.0198. The Kier molecular flexibility index (Phi) is 13.3. The lowest BCUT2D eigenvalue weighted by atomic mass is 10.1. The van der Waals surface area contributed by atoms with Crippen LogP contribution >= 0.6 is 34.2 Å². The Morgan fingerprint density at radius 1 is 0.745 bits per heavy atom. The molecule has 0 atom stereocenters. The zero-order chi connectivity index (χ0) is 33.8. The van der Waals surface area contributed by atoms with Gasteiger partial charge in [0.25, 0.3) is 0 Å². The highest BCUT2D eigenvalue weighted by molar-refractivity contribution is 14.1. The number of esters is 2. The van der Waals surface area contributed by atoms with Gasteiger partial charge in [0.15, 0.2) is 17.3 Å². The molecule has 13 heteroatoms. The number of carbonyl (C=O) groups excluding carboxylic acids is 4. The predicted octanol–water partition coefficient (Wildman–Crippen LogP) is 6.82. The van der Waals surface area contributed by atoms with Gasteiger partial charge in [0.05, 0.1) is 53.0 Å². The first kappa shape index (κ1) is 35.6. The number of methoxy groups -OCH3 is 2. The van der Waals surface area contributed by atoms with Crippen LogP contribution in [-0.2, 0) is 19.1 Å². The number of amides is 2. The summed E-state index contributed by atoms with van der Waals surface area (Å²) < 4.78 is 22.2. The van der Waals surface area contributed by atoms with Crippen LogP contribution < -0.4 is 14.4 Å². The molecule has 1 heterocycles. The Labute approximate surface area is 290 Å². The Bertz CT molecular complexity index is 1650. The fraction of sp³-hybridized carbons (Fsp3) is 0.294. The van der Waals surface area contributed by atoms with Crippen molar-refractivity contribution < 1.29 is 38.1 Å². The summed E-state index contributed by atoms with van der Waals surface area (Å²) in [7, 11) is 2.96. The maximum atomic E-state index is 13.7. The number of benzene rings is 3. The highest BCUT2D eigenvalue weighted by Crippen LogP contribution is 2.41. The quantitative estimate of drug-likeness (QED) is 0.0549. The monoisotopic (exact) mass is 773 g/mol. The average molecular weight is 774 g/mol. The molecule has 4 aromatic rings. The summed E-state index contributed by atoms with van der Waals surface area (Å²) in [6.45, 7) is 0.210. The standard InChI is InChI=1S/C34H33ClIN3O8/c1-44-25-21-24-28(29(36)30(25)45-2)31(38-34(35)37-24)39(26(40)17-9-11-19-46-32(42)22-13-5-3-6-14-22)27(41)18-10-12-20-47-33(43)23-15-7-4-8-16-23/h3-8,13-16,21H,9-12,17-20H2,1-2H3. The number of fused-ring (bicyclic) bond motifs is 1. The number of hydrogen-bond donors (Lipinski definition) is 0. The summed E-state index contributed by atoms with van der Waals surface area (Å²) in [5.74, 6) is -1.14. The van der Waals surface area contributed by atoms with Crippen LogP contribution in [-0.4, -0.2) is 61.2 Å². The molecular weight excluding hydrogens is 741 g/mol. The Morgan fingerprint density at radius 3 is 1.72 bits per heavy atom. The van der Waals surface area contributed by atoms with Crippen molar-refractivity contribution in [2.24, 2.45) is 0 Å². The van der Waals surface area contributed by atoms with Gasteiger partial charge in [0.1, 0.15) is 0 Å². The molecule has 246 valence electrons. The SMILES string of the molecule is COc1cc2nc(Cl)nc(N(C(=O)CCCCOC(=O)c3ccccc3)C(=O)CCCCOC(=O)c3ccccc3)c2c(I)c1OC. The molecule has 0 N–H and O–H groups in total. The highest BCUT2D eigenvalue weighted by Gasteiger charge is 2.29. The largest absolute Gasteiger partial charge is 0.493 e. The normalized spacial score (nSPS) is 10.7. The van der Waals surface area contributed by atoms with E-state index in [9.17, 15) is 19.2 Å². The van der Waals surface area contributed by atoms with Gasteiger partial charge in [-0.15, -0.1) is 0 Å². The van der Waals surface area contributed by atoms with Crippen molar-refractivity contribution in [3.8, 4) is 11.5 Å². The van der Waals surface area contributed by atoms with Crippen LogP contribution in [0.4, 0.5) is 5.82 Å². The highest BCUT2D eigenvalue weighted by atomic mass is 127. The van der Waals surface area contributed by atoms with Gasteiger partial charge in [-0.1, -0.05) is 36.4 Å². The Morgan fingerprint density at radius 2 is 1.26 bits per heavy atom. The van der Waals surface area contributed by atoms with E-state index in [0.29, 0.717) is 62.8 Å². The van der Waals surface area contributed by atoms with Gasteiger partial charge in [-0.3, -0.25) is 9.59 Å². The van der Waals surface area contributed by atoms with Crippen LogP contribution in [0.15, 0.2) is 66.7 Å². The molecule has 0 spiro atoms. The van der Waals surface area contributed by atoms with E-state index in [1.807, 2.05) is 22.6 Å². The van der Waals surface area contributed by atoms with Crippen molar-refractivity contribution in [1.29, 1.82) is 0 Å². The van der Waals surface area contributed by atoms with Crippen molar-refractivity contribution in [1.82, 2.24) is 9.97 Å². The van der Waals surface area contributed by atoms with E-state index >= 15 is 0 Å². The zero-order valence-corrected chi connectivity index (χ0v) is 28.8. The van der Waals surface area contributed by atoms with E-state index in [1.54, 1.807) is 66.7 Å². The Hall–Kier alpha value is -4.30. The van der Waals surface area contributed by atoms with Crippen molar-refractivity contribution in [2.45, 2.75) is 38.5 Å². The number of ether oxygens (including phenoxy) is 4. The van der Waals surface area contributed by atoms with Crippen LogP contribution in [0.25, 0.3) is 10.9 Å². The molecule has 0 radical (unpaired) electrons. The number of rotatable bonds is 15. The number of imide groups is 1. The van der Waals surface area contributed by atoms with Gasteiger partial charge in [0.2, 0.25) is 17.1 Å². The van der Waals surface area contributed by atoms with Gasteiger partial charge >= 0.3 is 11.9 Å². The molecule has 0 bridgehead atoms. The molecule has 0 aliphatic rings. The molecule has 11 nitrogen and oxygen atoms in total. The maximum Gasteiger partial charge on any atom is 0.338 e. The van der Waals surface area contributed by atoms with E-state index in [0.717, 1.165) is 4.90 Å². The fourth-order valence-electron chi connectivity index (χ4n) is 4.67. The fourth-order valence-corrected chi connectivity index (χ4v) is 5.84. The summed E-state index contributed by atoms with van der Waals surface area (Å²) in [4.78, 5) is 61.7. The third-order valence-electron chi connectivity index (χ3n) is 6.99. The molecule has 0 unspecified atom stereocenters. The van der Waals surface area contributed by atoms with Crippen LogP contribution in [0, 0.1) is 3.57 Å². The van der Waals surface area contributed by atoms with Crippen LogP contribution in [0.1, 0.15) is 59.2 Å². The number of nitrogens with zero attached hydrogens (tertiary/aromatic N) is 3. The summed E-state index contributed by atoms with van der Waals surface area (Å²) in [5.41, 5.74) is 1.22. The van der Waals surface area contributed by atoms with E-state index in [-0.39, 0.29) is 37.2 Å². The van der Waals surface area contributed by atoms with E-state index in [4.69, 9.17) is 30.5 Å². The second-order valence-corrected chi connectivity index (χ2v) is 11.6. The Balaban J connectivity index is 1.49. The van der Waals surface area contributed by atoms with E-state index in [1.165, 1.54) is 14.2 Å². The first-order chi connectivity index (χ1) is 22.7. The van der Waals surface area contributed by atoms with Gasteiger partial charge in [-0.2, -0.15) is 4.98 Å². The lowest BCUT2D eigenvalue weighted by Gasteiger charge is -2.23. The zero-order valence-electron chi connectivity index (χ0n) is 25.9. The molecule has 4 rings (SSSR count). The van der Waals surface area contributed by atoms with Gasteiger partial charge < -0.3 is 18.9 Å². The summed E-state index contributed by atoms with van der Waals surface area (Å²) in [5, 5.41) is 0.227. The van der Waals surface area contributed by atoms with Crippen LogP contribution in [0.2, 0.25) is 5.28 Å². The maximum absolute atomic E-state index is 13.7. The number of unbranched alkanes of at least 4 members (excludes halogenated alkanes) is 2. The second kappa shape index (κ2) is 17.6. The summed E-state index contributed by atoms with van der Waals surface area (Å²) >= 11 is 8.34. The van der Waals surface area contributed by atoms with Crippen LogP contribution in [0.5, 0.6) is 11.5 Å². The van der Waals surface area contributed by atoms with Crippen LogP contribution in [0.3, 0.4) is 0 Å². The van der Waals surface area contributed by atoms with Gasteiger partial charge in [0, 0.05) is 18.9 Å². The molecule has 0 fully saturated rings. The molecule has 47 heavy (non-hydrogen) atoms. The first-order valence-electron chi connectivity index (χ1n) is 14.8. The predicted molar refractivity (Wildman–Crippen MR) is 184 cm³/mol. The number of anilines is 1. The molecule has 0 saturated carbocycles. The van der Waals surface area contributed by atoms with Crippen molar-refractivity contribution in [2.75, 3.05) is 32.3 Å². The number of halogens is 2. The minimum atomic E-state index is -0.512. The number of aromatic nitrogens is 2. The average Bonchev–Trinajstić information content (AvgIpc) is 3.08. The third-order valence-corrected chi connectivity index (χ3v) is 8.19. The summed E-state index contributed by atoms with van der Waals surface area (Å²) in [6, 6.07) is 18.8. The molecule has 2 amide bonds. The second-order valence-electron chi connectivity index (χ2n) is 10.2. The number of carbonyl (C=O) groups is 4. The lowest BCUT2D eigenvalue weighted by Crippen LogP contribution is -2.38. The molecule has 0 aliphatic carbocycles. The van der Waals surface area contributed by atoms with Crippen molar-refractivity contribution >= 4 is 74.7 Å². The lowest BCUT2D eigenvalue weighted by molar-refractivity contribution is -0.126. The number of hydrogen-bond acceptors (Lipinski definition) is 10. The smallest absolute Gasteiger partial charge is 0.338 e. The summed E-state index contributed by atoms with van der Waals surface area (Å²) in [6.07, 6.45) is 1.41. The van der Waals surface area contributed by atoms with Crippen molar-refractivity contribution in [3.05, 3.63) is 86.7 Å². The molecule has 0 aliphatic heterocycles. The molecule has 0 saturated heterocycles. The molecule has 1 aromatic heterocycles. The molecule has 3 aromatic carbocycles. The van der Waals surface area contributed by atoms with E-state index in [2.05, 4.69) is 9.97 Å². The third kappa shape index (κ3) is 9.38. The van der Waals surface area contributed by atoms with Crippen molar-refractivity contribution in [3.63, 3.8) is 0 Å². The topological polar surface area (TPSA) is 134 Å². The first-order valence-corrected chi connectivity index (χ1v) is 16.3.